The minimum atomic E-state index is -0.860. The van der Waals surface area contributed by atoms with Crippen LogP contribution in [-0.4, -0.2) is 22.2 Å². The Kier molecular flexibility index (Phi) is 6.29. The molecule has 0 aromatic heterocycles. The zero-order valence-electron chi connectivity index (χ0n) is 15.0. The zero-order chi connectivity index (χ0) is 18.6. The molecule has 2 aromatic rings. The van der Waals surface area contributed by atoms with Gasteiger partial charge in [0.25, 0.3) is 0 Å². The summed E-state index contributed by atoms with van der Waals surface area (Å²) in [4.78, 5) is 21.2. The van der Waals surface area contributed by atoms with E-state index in [2.05, 4.69) is 0 Å². The van der Waals surface area contributed by atoms with Crippen molar-refractivity contribution in [3.8, 4) is 0 Å². The van der Waals surface area contributed by atoms with E-state index in [9.17, 15) is 9.59 Å². The third kappa shape index (κ3) is 4.69. The minimum absolute atomic E-state index is 0.371. The number of carbonyl (C=O) groups is 2. The van der Waals surface area contributed by atoms with Crippen LogP contribution in [0.2, 0.25) is 0 Å². The highest BCUT2D eigenvalue weighted by molar-refractivity contribution is 5.88. The van der Waals surface area contributed by atoms with E-state index in [1.807, 2.05) is 41.5 Å². The van der Waals surface area contributed by atoms with Gasteiger partial charge in [0.1, 0.15) is 0 Å². The molecule has 0 aliphatic rings. The van der Waals surface area contributed by atoms with Crippen LogP contribution in [0.5, 0.6) is 0 Å². The Bertz CT molecular complexity index is 675. The van der Waals surface area contributed by atoms with Crippen molar-refractivity contribution in [1.29, 1.82) is 0 Å². The first-order valence-electron chi connectivity index (χ1n) is 7.66. The second-order valence-electron chi connectivity index (χ2n) is 6.08. The predicted molar refractivity (Wildman–Crippen MR) is 95.2 cm³/mol. The molecule has 24 heavy (non-hydrogen) atoms. The molecule has 0 radical (unpaired) electrons. The van der Waals surface area contributed by atoms with Crippen molar-refractivity contribution in [3.05, 3.63) is 68.8 Å². The molecular weight excluding hydrogens is 304 g/mol. The first kappa shape index (κ1) is 19.4. The Morgan fingerprint density at radius 3 is 0.958 bits per heavy atom. The molecule has 0 unspecified atom stereocenters. The van der Waals surface area contributed by atoms with E-state index in [4.69, 9.17) is 10.2 Å². The second-order valence-corrected chi connectivity index (χ2v) is 6.08. The fraction of sp³-hybridized carbons (Fsp3) is 0.300. The lowest BCUT2D eigenvalue weighted by Gasteiger charge is -2.05. The van der Waals surface area contributed by atoms with Gasteiger partial charge in [-0.2, -0.15) is 0 Å². The standard InChI is InChI=1S/2C10H12O2/c2*1-6-4-9(10(11)12)5-7(2)8(6)3/h2*4-5H,1-3H3,(H,11,12). The number of aromatic carboxylic acids is 2. The van der Waals surface area contributed by atoms with E-state index in [0.717, 1.165) is 22.3 Å². The van der Waals surface area contributed by atoms with Gasteiger partial charge in [0.15, 0.2) is 0 Å². The van der Waals surface area contributed by atoms with Gasteiger partial charge in [0.2, 0.25) is 0 Å². The normalized spacial score (nSPS) is 9.92. The van der Waals surface area contributed by atoms with E-state index >= 15 is 0 Å². The molecule has 4 nitrogen and oxygen atoms in total. The molecular formula is C20H24O4. The number of carboxylic acid groups (broad SMARTS) is 2. The largest absolute Gasteiger partial charge is 0.478 e. The highest BCUT2D eigenvalue weighted by Gasteiger charge is 2.06. The molecule has 0 atom stereocenters. The topological polar surface area (TPSA) is 74.6 Å². The van der Waals surface area contributed by atoms with Crippen molar-refractivity contribution >= 4 is 11.9 Å². The lowest BCUT2D eigenvalue weighted by molar-refractivity contribution is 0.0686. The Balaban J connectivity index is 0.000000240. The molecule has 0 aliphatic heterocycles. The molecule has 0 fully saturated rings. The monoisotopic (exact) mass is 328 g/mol. The summed E-state index contributed by atoms with van der Waals surface area (Å²) in [7, 11) is 0. The van der Waals surface area contributed by atoms with Crippen LogP contribution in [0.4, 0.5) is 0 Å². The minimum Gasteiger partial charge on any atom is -0.478 e. The van der Waals surface area contributed by atoms with E-state index < -0.39 is 11.9 Å². The fourth-order valence-corrected chi connectivity index (χ4v) is 2.32. The van der Waals surface area contributed by atoms with Gasteiger partial charge >= 0.3 is 11.9 Å². The highest BCUT2D eigenvalue weighted by Crippen LogP contribution is 2.15. The first-order valence-corrected chi connectivity index (χ1v) is 7.66. The molecule has 128 valence electrons. The Labute approximate surface area is 142 Å². The van der Waals surface area contributed by atoms with Crippen molar-refractivity contribution in [3.63, 3.8) is 0 Å². The fourth-order valence-electron chi connectivity index (χ4n) is 2.32. The van der Waals surface area contributed by atoms with Crippen molar-refractivity contribution < 1.29 is 19.8 Å². The zero-order valence-corrected chi connectivity index (χ0v) is 15.0. The summed E-state index contributed by atoms with van der Waals surface area (Å²) >= 11 is 0. The number of rotatable bonds is 2. The van der Waals surface area contributed by atoms with Crippen molar-refractivity contribution in [2.75, 3.05) is 0 Å². The Morgan fingerprint density at radius 1 is 0.583 bits per heavy atom. The van der Waals surface area contributed by atoms with Gasteiger partial charge in [-0.25, -0.2) is 9.59 Å². The van der Waals surface area contributed by atoms with Gasteiger partial charge in [0.05, 0.1) is 11.1 Å². The number of hydrogen-bond donors (Lipinski definition) is 2. The Hall–Kier alpha value is -2.62. The molecule has 0 saturated heterocycles. The number of hydrogen-bond acceptors (Lipinski definition) is 2. The maximum Gasteiger partial charge on any atom is 0.335 e. The number of carboxylic acids is 2. The number of benzene rings is 2. The summed E-state index contributed by atoms with van der Waals surface area (Å²) in [6.45, 7) is 11.7. The summed E-state index contributed by atoms with van der Waals surface area (Å²) in [5.74, 6) is -1.72. The second kappa shape index (κ2) is 7.77. The third-order valence-electron chi connectivity index (χ3n) is 4.35. The van der Waals surface area contributed by atoms with Gasteiger partial charge in [-0.15, -0.1) is 0 Å². The van der Waals surface area contributed by atoms with E-state index in [-0.39, 0.29) is 0 Å². The average molecular weight is 328 g/mol. The van der Waals surface area contributed by atoms with Crippen LogP contribution >= 0.6 is 0 Å². The molecule has 0 saturated carbocycles. The maximum absolute atomic E-state index is 10.6. The summed E-state index contributed by atoms with van der Waals surface area (Å²) in [5, 5.41) is 17.4. The Morgan fingerprint density at radius 2 is 0.792 bits per heavy atom. The molecule has 2 aromatic carbocycles. The maximum atomic E-state index is 10.6. The molecule has 0 spiro atoms. The van der Waals surface area contributed by atoms with Crippen LogP contribution in [-0.2, 0) is 0 Å². The third-order valence-corrected chi connectivity index (χ3v) is 4.35. The quantitative estimate of drug-likeness (QED) is 0.843. The van der Waals surface area contributed by atoms with Gasteiger partial charge < -0.3 is 10.2 Å². The summed E-state index contributed by atoms with van der Waals surface area (Å²) in [6, 6.07) is 6.80. The lowest BCUT2D eigenvalue weighted by atomic mass is 10.0. The van der Waals surface area contributed by atoms with E-state index in [1.54, 1.807) is 24.3 Å². The van der Waals surface area contributed by atoms with Crippen molar-refractivity contribution in [1.82, 2.24) is 0 Å². The highest BCUT2D eigenvalue weighted by atomic mass is 16.4. The van der Waals surface area contributed by atoms with Crippen molar-refractivity contribution in [2.45, 2.75) is 41.5 Å². The van der Waals surface area contributed by atoms with Gasteiger partial charge in [-0.05, 0) is 99.2 Å². The van der Waals surface area contributed by atoms with E-state index in [1.165, 1.54) is 11.1 Å². The average Bonchev–Trinajstić information content (AvgIpc) is 2.49. The molecule has 4 heteroatoms. The molecule has 0 bridgehead atoms. The van der Waals surface area contributed by atoms with Gasteiger partial charge in [-0.3, -0.25) is 0 Å². The smallest absolute Gasteiger partial charge is 0.335 e. The van der Waals surface area contributed by atoms with Crippen LogP contribution in [0.1, 0.15) is 54.1 Å². The lowest BCUT2D eigenvalue weighted by Crippen LogP contribution is -1.99. The summed E-state index contributed by atoms with van der Waals surface area (Å²) in [5.41, 5.74) is 7.21. The van der Waals surface area contributed by atoms with Gasteiger partial charge in [0, 0.05) is 0 Å². The van der Waals surface area contributed by atoms with Crippen LogP contribution in [0.15, 0.2) is 24.3 Å². The van der Waals surface area contributed by atoms with Crippen LogP contribution in [0.3, 0.4) is 0 Å². The van der Waals surface area contributed by atoms with Crippen LogP contribution in [0, 0.1) is 41.5 Å². The molecule has 2 rings (SSSR count). The predicted octanol–water partition coefficient (Wildman–Crippen LogP) is 4.62. The molecule has 0 heterocycles. The summed E-state index contributed by atoms with van der Waals surface area (Å²) in [6.07, 6.45) is 0. The summed E-state index contributed by atoms with van der Waals surface area (Å²) < 4.78 is 0. The van der Waals surface area contributed by atoms with E-state index in [0.29, 0.717) is 11.1 Å². The van der Waals surface area contributed by atoms with Crippen molar-refractivity contribution in [2.24, 2.45) is 0 Å². The first-order chi connectivity index (χ1) is 11.0. The molecule has 2 N–H and O–H groups in total. The van der Waals surface area contributed by atoms with Crippen LogP contribution in [0.25, 0.3) is 0 Å². The van der Waals surface area contributed by atoms with Crippen LogP contribution < -0.4 is 0 Å². The molecule has 0 amide bonds. The SMILES string of the molecule is Cc1cc(C(=O)O)cc(C)c1C.Cc1cc(C(=O)O)cc(C)c1C. The van der Waals surface area contributed by atoms with Gasteiger partial charge in [-0.1, -0.05) is 0 Å². The number of aryl methyl sites for hydroxylation is 4. The molecule has 0 aliphatic carbocycles.